The van der Waals surface area contributed by atoms with Crippen molar-refractivity contribution in [1.29, 1.82) is 0 Å². The van der Waals surface area contributed by atoms with Crippen LogP contribution in [0.2, 0.25) is 0 Å². The standard InChI is InChI=1S/C24H26N2O5/c1-3-30-24(28)22-15-21(27)19-13-18(29-2)14-20(23(19)31-22)26-11-9-25(10-12-26)16-17-7-5-4-6-8-17/h4-8,13-15H,3,9-12,16H2,1-2H3. The Bertz CT molecular complexity index is 1120. The van der Waals surface area contributed by atoms with Crippen molar-refractivity contribution in [2.24, 2.45) is 0 Å². The second kappa shape index (κ2) is 9.22. The van der Waals surface area contributed by atoms with Crippen LogP contribution in [0, 0.1) is 0 Å². The van der Waals surface area contributed by atoms with Crippen molar-refractivity contribution in [2.45, 2.75) is 13.5 Å². The quantitative estimate of drug-likeness (QED) is 0.565. The third-order valence-electron chi connectivity index (χ3n) is 5.46. The molecular weight excluding hydrogens is 396 g/mol. The highest BCUT2D eigenvalue weighted by molar-refractivity contribution is 5.94. The topological polar surface area (TPSA) is 72.2 Å². The van der Waals surface area contributed by atoms with Gasteiger partial charge in [-0.2, -0.15) is 0 Å². The van der Waals surface area contributed by atoms with Crippen LogP contribution in [0.3, 0.4) is 0 Å². The zero-order valence-corrected chi connectivity index (χ0v) is 17.8. The zero-order chi connectivity index (χ0) is 21.8. The van der Waals surface area contributed by atoms with Crippen LogP contribution in [-0.2, 0) is 11.3 Å². The number of hydrogen-bond donors (Lipinski definition) is 0. The minimum Gasteiger partial charge on any atom is -0.497 e. The lowest BCUT2D eigenvalue weighted by Crippen LogP contribution is -2.46. The molecular formula is C24H26N2O5. The summed E-state index contributed by atoms with van der Waals surface area (Å²) in [5.74, 6) is -0.158. The van der Waals surface area contributed by atoms with E-state index in [0.717, 1.165) is 38.4 Å². The molecule has 7 nitrogen and oxygen atoms in total. The molecule has 0 radical (unpaired) electrons. The third kappa shape index (κ3) is 4.56. The summed E-state index contributed by atoms with van der Waals surface area (Å²) in [6.45, 7) is 6.09. The van der Waals surface area contributed by atoms with Gasteiger partial charge in [-0.3, -0.25) is 9.69 Å². The maximum absolute atomic E-state index is 12.7. The first kappa shape index (κ1) is 20.9. The van der Waals surface area contributed by atoms with Gasteiger partial charge in [0.1, 0.15) is 5.75 Å². The first-order valence-electron chi connectivity index (χ1n) is 10.4. The number of carbonyl (C=O) groups excluding carboxylic acids is 1. The van der Waals surface area contributed by atoms with Gasteiger partial charge < -0.3 is 18.8 Å². The highest BCUT2D eigenvalue weighted by Crippen LogP contribution is 2.32. The molecule has 31 heavy (non-hydrogen) atoms. The third-order valence-corrected chi connectivity index (χ3v) is 5.46. The molecule has 3 aromatic rings. The smallest absolute Gasteiger partial charge is 0.374 e. The monoisotopic (exact) mass is 422 g/mol. The average molecular weight is 422 g/mol. The lowest BCUT2D eigenvalue weighted by Gasteiger charge is -2.36. The van der Waals surface area contributed by atoms with Gasteiger partial charge in [0, 0.05) is 44.9 Å². The van der Waals surface area contributed by atoms with Crippen LogP contribution >= 0.6 is 0 Å². The predicted octanol–water partition coefficient (Wildman–Crippen LogP) is 3.30. The minimum absolute atomic E-state index is 0.0894. The second-order valence-electron chi connectivity index (χ2n) is 7.47. The first-order chi connectivity index (χ1) is 15.1. The summed E-state index contributed by atoms with van der Waals surface area (Å²) >= 11 is 0. The lowest BCUT2D eigenvalue weighted by atomic mass is 10.1. The number of esters is 1. The number of hydrogen-bond acceptors (Lipinski definition) is 7. The van der Waals surface area contributed by atoms with Crippen molar-refractivity contribution in [2.75, 3.05) is 44.8 Å². The van der Waals surface area contributed by atoms with Crippen molar-refractivity contribution < 1.29 is 18.7 Å². The van der Waals surface area contributed by atoms with E-state index in [-0.39, 0.29) is 17.8 Å². The summed E-state index contributed by atoms with van der Waals surface area (Å²) in [7, 11) is 1.57. The number of nitrogens with zero attached hydrogens (tertiary/aromatic N) is 2. The summed E-state index contributed by atoms with van der Waals surface area (Å²) in [6, 6.07) is 15.1. The normalized spacial score (nSPS) is 14.6. The summed E-state index contributed by atoms with van der Waals surface area (Å²) in [6.07, 6.45) is 0. The summed E-state index contributed by atoms with van der Waals surface area (Å²) in [4.78, 5) is 29.5. The highest BCUT2D eigenvalue weighted by Gasteiger charge is 2.23. The number of ether oxygens (including phenoxy) is 2. The van der Waals surface area contributed by atoms with Crippen LogP contribution in [0.4, 0.5) is 5.69 Å². The van der Waals surface area contributed by atoms with Gasteiger partial charge in [0.05, 0.1) is 24.8 Å². The number of anilines is 1. The van der Waals surface area contributed by atoms with Crippen molar-refractivity contribution in [3.8, 4) is 5.75 Å². The predicted molar refractivity (Wildman–Crippen MR) is 119 cm³/mol. The number of piperazine rings is 1. The molecule has 0 aliphatic carbocycles. The first-order valence-corrected chi connectivity index (χ1v) is 10.4. The van der Waals surface area contributed by atoms with Gasteiger partial charge >= 0.3 is 5.97 Å². The molecule has 1 aliphatic heterocycles. The summed E-state index contributed by atoms with van der Waals surface area (Å²) < 4.78 is 16.3. The molecule has 2 aromatic carbocycles. The Balaban J connectivity index is 1.63. The van der Waals surface area contributed by atoms with E-state index in [1.165, 1.54) is 11.6 Å². The molecule has 1 aromatic heterocycles. The van der Waals surface area contributed by atoms with Gasteiger partial charge in [-0.15, -0.1) is 0 Å². The molecule has 0 N–H and O–H groups in total. The Morgan fingerprint density at radius 1 is 1.06 bits per heavy atom. The van der Waals surface area contributed by atoms with Gasteiger partial charge in [-0.05, 0) is 18.6 Å². The van der Waals surface area contributed by atoms with Crippen LogP contribution in [0.25, 0.3) is 11.0 Å². The number of fused-ring (bicyclic) bond motifs is 1. The Labute approximate surface area is 180 Å². The van der Waals surface area contributed by atoms with E-state index in [1.807, 2.05) is 12.1 Å². The van der Waals surface area contributed by atoms with E-state index in [0.29, 0.717) is 16.7 Å². The SMILES string of the molecule is CCOC(=O)c1cc(=O)c2cc(OC)cc(N3CCN(Cc4ccccc4)CC3)c2o1. The fourth-order valence-corrected chi connectivity index (χ4v) is 3.86. The van der Waals surface area contributed by atoms with Gasteiger partial charge in [0.15, 0.2) is 11.0 Å². The van der Waals surface area contributed by atoms with E-state index >= 15 is 0 Å². The fraction of sp³-hybridized carbons (Fsp3) is 0.333. The maximum atomic E-state index is 12.7. The lowest BCUT2D eigenvalue weighted by molar-refractivity contribution is 0.0490. The van der Waals surface area contributed by atoms with E-state index in [4.69, 9.17) is 13.9 Å². The maximum Gasteiger partial charge on any atom is 0.374 e. The highest BCUT2D eigenvalue weighted by atomic mass is 16.5. The molecule has 0 amide bonds. The molecule has 1 aliphatic rings. The Morgan fingerprint density at radius 2 is 1.81 bits per heavy atom. The Kier molecular flexibility index (Phi) is 6.23. The van der Waals surface area contributed by atoms with Crippen LogP contribution in [0.1, 0.15) is 23.0 Å². The molecule has 162 valence electrons. The molecule has 2 heterocycles. The average Bonchev–Trinajstić information content (AvgIpc) is 2.80. The number of methoxy groups -OCH3 is 1. The van der Waals surface area contributed by atoms with Crippen LogP contribution in [-0.4, -0.2) is 50.8 Å². The largest absolute Gasteiger partial charge is 0.497 e. The van der Waals surface area contributed by atoms with Gasteiger partial charge in [-0.1, -0.05) is 30.3 Å². The van der Waals surface area contributed by atoms with Crippen molar-refractivity contribution in [3.05, 3.63) is 70.1 Å². The van der Waals surface area contributed by atoms with Crippen LogP contribution < -0.4 is 15.1 Å². The summed E-state index contributed by atoms with van der Waals surface area (Å²) in [5.41, 5.74) is 2.12. The molecule has 0 bridgehead atoms. The van der Waals surface area contributed by atoms with Gasteiger partial charge in [-0.25, -0.2) is 4.79 Å². The van der Waals surface area contributed by atoms with Gasteiger partial charge in [0.2, 0.25) is 5.76 Å². The van der Waals surface area contributed by atoms with E-state index in [1.54, 1.807) is 20.1 Å². The molecule has 1 fully saturated rings. The van der Waals surface area contributed by atoms with Crippen LogP contribution in [0.15, 0.2) is 57.7 Å². The molecule has 0 spiro atoms. The zero-order valence-electron chi connectivity index (χ0n) is 17.8. The summed E-state index contributed by atoms with van der Waals surface area (Å²) in [5, 5.41) is 0.383. The van der Waals surface area contributed by atoms with E-state index < -0.39 is 5.97 Å². The Hall–Kier alpha value is -3.32. The van der Waals surface area contributed by atoms with Crippen molar-refractivity contribution in [3.63, 3.8) is 0 Å². The van der Waals surface area contributed by atoms with Crippen molar-refractivity contribution in [1.82, 2.24) is 4.90 Å². The van der Waals surface area contributed by atoms with Crippen LogP contribution in [0.5, 0.6) is 5.75 Å². The number of carbonyl (C=O) groups is 1. The minimum atomic E-state index is -0.643. The molecule has 0 unspecified atom stereocenters. The number of rotatable bonds is 6. The van der Waals surface area contributed by atoms with E-state index in [9.17, 15) is 9.59 Å². The second-order valence-corrected chi connectivity index (χ2v) is 7.47. The van der Waals surface area contributed by atoms with E-state index in [2.05, 4.69) is 34.1 Å². The molecule has 1 saturated heterocycles. The fourth-order valence-electron chi connectivity index (χ4n) is 3.86. The number of benzene rings is 2. The van der Waals surface area contributed by atoms with Crippen molar-refractivity contribution >= 4 is 22.6 Å². The molecule has 7 heteroatoms. The molecule has 0 atom stereocenters. The molecule has 0 saturated carbocycles. The van der Waals surface area contributed by atoms with Gasteiger partial charge in [0.25, 0.3) is 0 Å². The Morgan fingerprint density at radius 3 is 2.48 bits per heavy atom. The molecule has 4 rings (SSSR count).